The molecule has 0 radical (unpaired) electrons. The molecule has 0 fully saturated rings. The van der Waals surface area contributed by atoms with E-state index in [1.807, 2.05) is 25.2 Å². The fraction of sp³-hybridized carbons (Fsp3) is 0.615. The van der Waals surface area contributed by atoms with Gasteiger partial charge in [-0.2, -0.15) is 0 Å². The highest BCUT2D eigenvalue weighted by atomic mass is 16.3. The van der Waals surface area contributed by atoms with E-state index in [-0.39, 0.29) is 6.61 Å². The zero-order valence-electron chi connectivity index (χ0n) is 11.0. The molecule has 2 N–H and O–H groups in total. The standard InChI is InChI=1S/C13H23N3O/c1-4-11(5-2)16(9-10-17)13-8-6-7-12(14-3)15-13/h6-8,11,17H,4-5,9-10H2,1-3H3,(H,14,15). The van der Waals surface area contributed by atoms with Gasteiger partial charge in [-0.05, 0) is 25.0 Å². The average Bonchev–Trinajstić information content (AvgIpc) is 2.39. The van der Waals surface area contributed by atoms with Gasteiger partial charge in [-0.3, -0.25) is 0 Å². The van der Waals surface area contributed by atoms with Gasteiger partial charge in [-0.1, -0.05) is 19.9 Å². The molecule has 0 aliphatic carbocycles. The number of nitrogens with one attached hydrogen (secondary N) is 1. The molecule has 0 saturated carbocycles. The predicted molar refractivity (Wildman–Crippen MR) is 72.6 cm³/mol. The van der Waals surface area contributed by atoms with Crippen molar-refractivity contribution in [2.45, 2.75) is 32.7 Å². The van der Waals surface area contributed by atoms with Gasteiger partial charge < -0.3 is 15.3 Å². The molecule has 96 valence electrons. The van der Waals surface area contributed by atoms with Gasteiger partial charge >= 0.3 is 0 Å². The highest BCUT2D eigenvalue weighted by molar-refractivity contribution is 5.47. The van der Waals surface area contributed by atoms with Crippen molar-refractivity contribution in [2.75, 3.05) is 30.4 Å². The number of aliphatic hydroxyl groups excluding tert-OH is 1. The van der Waals surface area contributed by atoms with Gasteiger partial charge in [0.1, 0.15) is 11.6 Å². The molecule has 0 unspecified atom stereocenters. The van der Waals surface area contributed by atoms with Crippen LogP contribution in [0.15, 0.2) is 18.2 Å². The third kappa shape index (κ3) is 3.60. The molecule has 4 heteroatoms. The van der Waals surface area contributed by atoms with Crippen LogP contribution in [0.5, 0.6) is 0 Å². The Labute approximate surface area is 104 Å². The van der Waals surface area contributed by atoms with E-state index < -0.39 is 0 Å². The summed E-state index contributed by atoms with van der Waals surface area (Å²) in [6.07, 6.45) is 2.12. The van der Waals surface area contributed by atoms with Crippen molar-refractivity contribution in [2.24, 2.45) is 0 Å². The molecule has 0 aliphatic heterocycles. The van der Waals surface area contributed by atoms with Gasteiger partial charge in [0.2, 0.25) is 0 Å². The topological polar surface area (TPSA) is 48.4 Å². The molecule has 1 rings (SSSR count). The SMILES string of the molecule is CCC(CC)N(CCO)c1cccc(NC)n1. The molecule has 0 bridgehead atoms. The summed E-state index contributed by atoms with van der Waals surface area (Å²) in [5.74, 6) is 1.79. The van der Waals surface area contributed by atoms with Crippen LogP contribution < -0.4 is 10.2 Å². The number of anilines is 2. The quantitative estimate of drug-likeness (QED) is 0.762. The van der Waals surface area contributed by atoms with Crippen LogP contribution in [0.25, 0.3) is 0 Å². The number of aromatic nitrogens is 1. The first-order chi connectivity index (χ1) is 8.26. The Morgan fingerprint density at radius 2 is 2.06 bits per heavy atom. The average molecular weight is 237 g/mol. The second-order valence-corrected chi connectivity index (χ2v) is 4.02. The monoisotopic (exact) mass is 237 g/mol. The molecule has 4 nitrogen and oxygen atoms in total. The summed E-state index contributed by atoms with van der Waals surface area (Å²) in [6.45, 7) is 5.12. The van der Waals surface area contributed by atoms with Crippen molar-refractivity contribution in [1.29, 1.82) is 0 Å². The van der Waals surface area contributed by atoms with Gasteiger partial charge in [0.15, 0.2) is 0 Å². The van der Waals surface area contributed by atoms with E-state index in [1.165, 1.54) is 0 Å². The molecule has 0 aromatic carbocycles. The van der Waals surface area contributed by atoms with Crippen LogP contribution in [0.3, 0.4) is 0 Å². The van der Waals surface area contributed by atoms with Crippen LogP contribution in [-0.4, -0.2) is 36.3 Å². The van der Waals surface area contributed by atoms with Gasteiger partial charge in [-0.25, -0.2) is 4.98 Å². The number of nitrogens with zero attached hydrogens (tertiary/aromatic N) is 2. The van der Waals surface area contributed by atoms with E-state index >= 15 is 0 Å². The molecular formula is C13H23N3O. The first kappa shape index (κ1) is 13.8. The van der Waals surface area contributed by atoms with Crippen molar-refractivity contribution in [3.05, 3.63) is 18.2 Å². The first-order valence-electron chi connectivity index (χ1n) is 6.29. The smallest absolute Gasteiger partial charge is 0.131 e. The van der Waals surface area contributed by atoms with Gasteiger partial charge in [-0.15, -0.1) is 0 Å². The Kier molecular flexibility index (Phi) is 5.77. The third-order valence-electron chi connectivity index (χ3n) is 3.01. The summed E-state index contributed by atoms with van der Waals surface area (Å²) in [4.78, 5) is 6.71. The maximum Gasteiger partial charge on any atom is 0.131 e. The predicted octanol–water partition coefficient (Wildman–Crippen LogP) is 2.11. The lowest BCUT2D eigenvalue weighted by atomic mass is 10.1. The van der Waals surface area contributed by atoms with Gasteiger partial charge in [0.05, 0.1) is 6.61 Å². The van der Waals surface area contributed by atoms with Crippen molar-refractivity contribution >= 4 is 11.6 Å². The summed E-state index contributed by atoms with van der Waals surface area (Å²) in [6, 6.07) is 6.35. The van der Waals surface area contributed by atoms with Crippen molar-refractivity contribution in [1.82, 2.24) is 4.98 Å². The molecule has 0 spiro atoms. The van der Waals surface area contributed by atoms with Crippen LogP contribution in [0.4, 0.5) is 11.6 Å². The number of pyridine rings is 1. The maximum atomic E-state index is 9.18. The summed E-state index contributed by atoms with van der Waals surface area (Å²) in [5.41, 5.74) is 0. The fourth-order valence-corrected chi connectivity index (χ4v) is 2.04. The Balaban J connectivity index is 2.94. The molecule has 0 atom stereocenters. The second kappa shape index (κ2) is 7.12. The fourth-order valence-electron chi connectivity index (χ4n) is 2.04. The van der Waals surface area contributed by atoms with Crippen LogP contribution in [0.2, 0.25) is 0 Å². The summed E-state index contributed by atoms with van der Waals surface area (Å²) in [5, 5.41) is 12.2. The molecular weight excluding hydrogens is 214 g/mol. The van der Waals surface area contributed by atoms with Crippen LogP contribution in [-0.2, 0) is 0 Å². The van der Waals surface area contributed by atoms with E-state index in [2.05, 4.69) is 29.0 Å². The van der Waals surface area contributed by atoms with Gasteiger partial charge in [0, 0.05) is 19.6 Å². The number of hydrogen-bond donors (Lipinski definition) is 2. The minimum atomic E-state index is 0.155. The molecule has 17 heavy (non-hydrogen) atoms. The Morgan fingerprint density at radius 1 is 1.35 bits per heavy atom. The zero-order chi connectivity index (χ0) is 12.7. The zero-order valence-corrected chi connectivity index (χ0v) is 11.0. The maximum absolute atomic E-state index is 9.18. The van der Waals surface area contributed by atoms with E-state index in [1.54, 1.807) is 0 Å². The largest absolute Gasteiger partial charge is 0.395 e. The van der Waals surface area contributed by atoms with Crippen molar-refractivity contribution in [3.63, 3.8) is 0 Å². The molecule has 0 saturated heterocycles. The number of aliphatic hydroxyl groups is 1. The lowest BCUT2D eigenvalue weighted by Crippen LogP contribution is -2.37. The Bertz CT molecular complexity index is 326. The number of hydrogen-bond acceptors (Lipinski definition) is 4. The van der Waals surface area contributed by atoms with Gasteiger partial charge in [0.25, 0.3) is 0 Å². The molecule has 1 heterocycles. The van der Waals surface area contributed by atoms with E-state index in [4.69, 9.17) is 0 Å². The van der Waals surface area contributed by atoms with Crippen LogP contribution >= 0.6 is 0 Å². The molecule has 1 aromatic heterocycles. The third-order valence-corrected chi connectivity index (χ3v) is 3.01. The highest BCUT2D eigenvalue weighted by Crippen LogP contribution is 2.19. The lowest BCUT2D eigenvalue weighted by molar-refractivity contribution is 0.295. The van der Waals surface area contributed by atoms with Crippen molar-refractivity contribution in [3.8, 4) is 0 Å². The summed E-state index contributed by atoms with van der Waals surface area (Å²) in [7, 11) is 1.86. The number of rotatable bonds is 7. The summed E-state index contributed by atoms with van der Waals surface area (Å²) < 4.78 is 0. The first-order valence-corrected chi connectivity index (χ1v) is 6.29. The van der Waals surface area contributed by atoms with Crippen LogP contribution in [0.1, 0.15) is 26.7 Å². The summed E-state index contributed by atoms with van der Waals surface area (Å²) >= 11 is 0. The van der Waals surface area contributed by atoms with E-state index in [9.17, 15) is 5.11 Å². The molecule has 0 amide bonds. The Morgan fingerprint density at radius 3 is 2.59 bits per heavy atom. The van der Waals surface area contributed by atoms with Crippen molar-refractivity contribution < 1.29 is 5.11 Å². The minimum absolute atomic E-state index is 0.155. The second-order valence-electron chi connectivity index (χ2n) is 4.02. The highest BCUT2D eigenvalue weighted by Gasteiger charge is 2.16. The normalized spacial score (nSPS) is 10.6. The molecule has 0 aliphatic rings. The van der Waals surface area contributed by atoms with E-state index in [0.717, 1.165) is 24.5 Å². The van der Waals surface area contributed by atoms with E-state index in [0.29, 0.717) is 12.6 Å². The lowest BCUT2D eigenvalue weighted by Gasteiger charge is -2.31. The van der Waals surface area contributed by atoms with Crippen LogP contribution in [0, 0.1) is 0 Å². The molecule has 1 aromatic rings. The Hall–Kier alpha value is -1.29. The minimum Gasteiger partial charge on any atom is -0.395 e.